The molecule has 0 bridgehead atoms. The molecule has 2 aliphatic heterocycles. The van der Waals surface area contributed by atoms with E-state index in [4.69, 9.17) is 4.74 Å². The molecule has 170 valence electrons. The van der Waals surface area contributed by atoms with Gasteiger partial charge in [-0.2, -0.15) is 0 Å². The first-order valence-electron chi connectivity index (χ1n) is 11.0. The third-order valence-corrected chi connectivity index (χ3v) is 6.59. The molecule has 9 heteroatoms. The smallest absolute Gasteiger partial charge is 0.255 e. The number of hydrogen-bond acceptors (Lipinski definition) is 6. The predicted molar refractivity (Wildman–Crippen MR) is 117 cm³/mol. The number of carbonyl (C=O) groups excluding carboxylic acids is 4. The number of rotatable bonds is 4. The van der Waals surface area contributed by atoms with Gasteiger partial charge in [0.1, 0.15) is 6.04 Å². The number of methoxy groups -OCH3 is 1. The third-order valence-electron chi connectivity index (χ3n) is 6.59. The van der Waals surface area contributed by atoms with Crippen LogP contribution in [0.2, 0.25) is 0 Å². The zero-order valence-corrected chi connectivity index (χ0v) is 18.2. The monoisotopic (exact) mass is 448 g/mol. The van der Waals surface area contributed by atoms with E-state index in [0.29, 0.717) is 28.8 Å². The molecule has 0 radical (unpaired) electrons. The van der Waals surface area contributed by atoms with Gasteiger partial charge in [0.05, 0.1) is 18.0 Å². The van der Waals surface area contributed by atoms with Crippen LogP contribution in [0.15, 0.2) is 30.5 Å². The Labute approximate surface area is 190 Å². The van der Waals surface area contributed by atoms with Crippen molar-refractivity contribution in [2.75, 3.05) is 12.4 Å². The average molecular weight is 448 g/mol. The molecule has 0 saturated carbocycles. The molecule has 2 unspecified atom stereocenters. The highest BCUT2D eigenvalue weighted by Crippen LogP contribution is 2.29. The average Bonchev–Trinajstić information content (AvgIpc) is 3.14. The Balaban J connectivity index is 1.30. The van der Waals surface area contributed by atoms with Crippen LogP contribution in [0.4, 0.5) is 5.69 Å². The van der Waals surface area contributed by atoms with Crippen LogP contribution < -0.4 is 10.6 Å². The summed E-state index contributed by atoms with van der Waals surface area (Å²) < 4.78 is 5.43. The minimum absolute atomic E-state index is 0.180. The molecular formula is C24H24N4O5. The van der Waals surface area contributed by atoms with Gasteiger partial charge in [0.15, 0.2) is 0 Å². The maximum absolute atomic E-state index is 12.9. The maximum Gasteiger partial charge on any atom is 0.255 e. The molecule has 2 aromatic rings. The minimum Gasteiger partial charge on any atom is -0.381 e. The lowest BCUT2D eigenvalue weighted by molar-refractivity contribution is -0.136. The molecule has 3 heterocycles. The van der Waals surface area contributed by atoms with E-state index < -0.39 is 11.9 Å². The fourth-order valence-electron chi connectivity index (χ4n) is 4.76. The molecule has 3 aliphatic rings. The predicted octanol–water partition coefficient (Wildman–Crippen LogP) is 1.60. The van der Waals surface area contributed by atoms with E-state index in [2.05, 4.69) is 15.6 Å². The number of imide groups is 1. The van der Waals surface area contributed by atoms with Gasteiger partial charge in [-0.1, -0.05) is 0 Å². The highest BCUT2D eigenvalue weighted by Gasteiger charge is 2.39. The van der Waals surface area contributed by atoms with Crippen LogP contribution in [-0.2, 0) is 33.7 Å². The van der Waals surface area contributed by atoms with E-state index in [1.165, 1.54) is 4.90 Å². The topological polar surface area (TPSA) is 118 Å². The number of nitrogens with one attached hydrogen (secondary N) is 2. The number of anilines is 1. The van der Waals surface area contributed by atoms with Gasteiger partial charge in [-0.3, -0.25) is 29.5 Å². The minimum atomic E-state index is -0.681. The van der Waals surface area contributed by atoms with Crippen LogP contribution >= 0.6 is 0 Å². The first kappa shape index (κ1) is 21.3. The summed E-state index contributed by atoms with van der Waals surface area (Å²) in [6, 6.07) is 6.18. The zero-order chi connectivity index (χ0) is 23.1. The molecule has 1 aromatic heterocycles. The largest absolute Gasteiger partial charge is 0.381 e. The summed E-state index contributed by atoms with van der Waals surface area (Å²) in [6.45, 7) is 0.225. The quantitative estimate of drug-likeness (QED) is 0.686. The van der Waals surface area contributed by atoms with Crippen molar-refractivity contribution < 1.29 is 23.9 Å². The number of aryl methyl sites for hydroxylation is 1. The number of amides is 4. The van der Waals surface area contributed by atoms with E-state index in [1.54, 1.807) is 31.5 Å². The Bertz CT molecular complexity index is 1180. The van der Waals surface area contributed by atoms with Gasteiger partial charge in [0, 0.05) is 43.3 Å². The maximum atomic E-state index is 12.9. The van der Waals surface area contributed by atoms with Crippen molar-refractivity contribution >= 4 is 29.3 Å². The first-order chi connectivity index (χ1) is 15.9. The number of aromatic nitrogens is 1. The highest BCUT2D eigenvalue weighted by molar-refractivity contribution is 6.08. The molecule has 1 fully saturated rings. The Morgan fingerprint density at radius 2 is 2.00 bits per heavy atom. The van der Waals surface area contributed by atoms with Gasteiger partial charge >= 0.3 is 0 Å². The van der Waals surface area contributed by atoms with E-state index in [9.17, 15) is 19.2 Å². The summed E-state index contributed by atoms with van der Waals surface area (Å²) in [5.74, 6) is -1.34. The SMILES string of the molecule is COC1CCc2cc(NC(=O)c3ccc4c(c3)CN(C3CCC(=O)NC3=O)C4=O)cnc2C1. The molecule has 1 aromatic carbocycles. The molecule has 1 saturated heterocycles. The Morgan fingerprint density at radius 3 is 2.79 bits per heavy atom. The van der Waals surface area contributed by atoms with E-state index in [0.717, 1.165) is 30.5 Å². The number of nitrogens with zero attached hydrogens (tertiary/aromatic N) is 2. The van der Waals surface area contributed by atoms with Crippen LogP contribution in [0.5, 0.6) is 0 Å². The number of pyridine rings is 1. The number of piperidine rings is 1. The van der Waals surface area contributed by atoms with Gasteiger partial charge in [0.2, 0.25) is 11.8 Å². The second-order valence-electron chi connectivity index (χ2n) is 8.66. The first-order valence-corrected chi connectivity index (χ1v) is 11.0. The lowest BCUT2D eigenvalue weighted by Gasteiger charge is -2.29. The normalized spacial score (nSPS) is 22.0. The van der Waals surface area contributed by atoms with E-state index >= 15 is 0 Å². The highest BCUT2D eigenvalue weighted by atomic mass is 16.5. The fourth-order valence-corrected chi connectivity index (χ4v) is 4.76. The molecule has 4 amide bonds. The second kappa shape index (κ2) is 8.40. The van der Waals surface area contributed by atoms with Crippen molar-refractivity contribution in [2.24, 2.45) is 0 Å². The van der Waals surface area contributed by atoms with Crippen molar-refractivity contribution in [3.8, 4) is 0 Å². The molecule has 2 N–H and O–H groups in total. The van der Waals surface area contributed by atoms with Crippen molar-refractivity contribution in [1.82, 2.24) is 15.2 Å². The number of fused-ring (bicyclic) bond motifs is 2. The Morgan fingerprint density at radius 1 is 1.15 bits per heavy atom. The van der Waals surface area contributed by atoms with Crippen LogP contribution in [-0.4, -0.2) is 52.8 Å². The van der Waals surface area contributed by atoms with E-state index in [-0.39, 0.29) is 36.8 Å². The lowest BCUT2D eigenvalue weighted by atomic mass is 9.93. The molecule has 1 aliphatic carbocycles. The van der Waals surface area contributed by atoms with Crippen LogP contribution in [0.25, 0.3) is 0 Å². The summed E-state index contributed by atoms with van der Waals surface area (Å²) in [5.41, 5.74) is 4.31. The lowest BCUT2D eigenvalue weighted by Crippen LogP contribution is -2.52. The van der Waals surface area contributed by atoms with E-state index in [1.807, 2.05) is 6.07 Å². The molecule has 2 atom stereocenters. The van der Waals surface area contributed by atoms with Gasteiger partial charge in [-0.05, 0) is 54.7 Å². The number of hydrogen-bond donors (Lipinski definition) is 2. The number of benzene rings is 1. The van der Waals surface area contributed by atoms with Gasteiger partial charge < -0.3 is 15.0 Å². The Hall–Kier alpha value is -3.59. The summed E-state index contributed by atoms with van der Waals surface area (Å²) in [4.78, 5) is 55.3. The standard InChI is InChI=1S/C24H24N4O5/c1-33-17-4-2-13-9-16(11-25-19(13)10-17)26-22(30)14-3-5-18-15(8-14)12-28(24(18)32)20-6-7-21(29)27-23(20)31/h3,5,8-9,11,17,20H,2,4,6-7,10,12H2,1H3,(H,26,30)(H,27,29,31). The van der Waals surface area contributed by atoms with Gasteiger partial charge in [-0.25, -0.2) is 0 Å². The molecule has 9 nitrogen and oxygen atoms in total. The van der Waals surface area contributed by atoms with Crippen molar-refractivity contribution in [1.29, 1.82) is 0 Å². The van der Waals surface area contributed by atoms with Crippen LogP contribution in [0.1, 0.15) is 56.8 Å². The van der Waals surface area contributed by atoms with Crippen molar-refractivity contribution in [3.05, 3.63) is 58.4 Å². The molecule has 5 rings (SSSR count). The van der Waals surface area contributed by atoms with Crippen molar-refractivity contribution in [3.63, 3.8) is 0 Å². The third kappa shape index (κ3) is 4.00. The van der Waals surface area contributed by atoms with Crippen LogP contribution in [0.3, 0.4) is 0 Å². The molecule has 33 heavy (non-hydrogen) atoms. The van der Waals surface area contributed by atoms with Crippen LogP contribution in [0, 0.1) is 0 Å². The molecule has 0 spiro atoms. The van der Waals surface area contributed by atoms with Gasteiger partial charge in [-0.15, -0.1) is 0 Å². The zero-order valence-electron chi connectivity index (χ0n) is 18.2. The number of carbonyl (C=O) groups is 4. The van der Waals surface area contributed by atoms with Crippen molar-refractivity contribution in [2.45, 2.75) is 50.8 Å². The van der Waals surface area contributed by atoms with Gasteiger partial charge in [0.25, 0.3) is 11.8 Å². The summed E-state index contributed by atoms with van der Waals surface area (Å²) >= 11 is 0. The summed E-state index contributed by atoms with van der Waals surface area (Å²) in [7, 11) is 1.71. The Kier molecular flexibility index (Phi) is 5.41. The summed E-state index contributed by atoms with van der Waals surface area (Å²) in [5, 5.41) is 5.18. The summed E-state index contributed by atoms with van der Waals surface area (Å²) in [6.07, 6.45) is 4.87. The fraction of sp³-hybridized carbons (Fsp3) is 0.375. The second-order valence-corrected chi connectivity index (χ2v) is 8.66. The number of ether oxygens (including phenoxy) is 1. The molecular weight excluding hydrogens is 424 g/mol.